The fourth-order valence-corrected chi connectivity index (χ4v) is 4.19. The Bertz CT molecular complexity index is 1090. The summed E-state index contributed by atoms with van der Waals surface area (Å²) < 4.78 is 15.2. The molecule has 3 aromatic rings. The van der Waals surface area contributed by atoms with E-state index in [2.05, 4.69) is 18.7 Å². The maximum Gasteiger partial charge on any atom is 0.222 e. The molecule has 1 amide bonds. The zero-order valence-corrected chi connectivity index (χ0v) is 19.1. The Morgan fingerprint density at radius 3 is 2.41 bits per heavy atom. The lowest BCUT2D eigenvalue weighted by Gasteiger charge is -2.36. The molecule has 0 spiro atoms. The second-order valence-electron chi connectivity index (χ2n) is 8.36. The molecule has 170 valence electrons. The standard InChI is InChI=1S/C24H31FN6O/c1-4-6-8-21(32)29-13-15-30(16-14-29)23-22-17(3)28-31(19-11-9-18(25)10-12-19)24(22)27-20(26-23)7-5-2/h9-12H,4-8,13-16H2,1-3H3. The van der Waals surface area contributed by atoms with Gasteiger partial charge in [0.05, 0.1) is 16.8 Å². The smallest absolute Gasteiger partial charge is 0.222 e. The molecule has 0 saturated carbocycles. The molecule has 1 aliphatic rings. The number of anilines is 1. The third-order valence-corrected chi connectivity index (χ3v) is 5.95. The lowest BCUT2D eigenvalue weighted by atomic mass is 10.2. The predicted octanol–water partition coefficient (Wildman–Crippen LogP) is 4.05. The maximum absolute atomic E-state index is 13.5. The minimum Gasteiger partial charge on any atom is -0.352 e. The van der Waals surface area contributed by atoms with E-state index >= 15 is 0 Å². The summed E-state index contributed by atoms with van der Waals surface area (Å²) in [5.41, 5.74) is 2.34. The molecule has 0 N–H and O–H groups in total. The number of fused-ring (bicyclic) bond motifs is 1. The highest BCUT2D eigenvalue weighted by Crippen LogP contribution is 2.30. The second kappa shape index (κ2) is 9.63. The third kappa shape index (κ3) is 4.45. The molecule has 0 aliphatic carbocycles. The summed E-state index contributed by atoms with van der Waals surface area (Å²) in [6.45, 7) is 9.03. The highest BCUT2D eigenvalue weighted by molar-refractivity contribution is 5.91. The van der Waals surface area contributed by atoms with E-state index in [1.54, 1.807) is 16.8 Å². The Labute approximate surface area is 188 Å². The molecule has 8 heteroatoms. The van der Waals surface area contributed by atoms with Crippen molar-refractivity contribution in [3.63, 3.8) is 0 Å². The molecule has 4 rings (SSSR count). The maximum atomic E-state index is 13.5. The minimum atomic E-state index is -0.282. The van der Waals surface area contributed by atoms with Crippen molar-refractivity contribution in [2.45, 2.75) is 52.9 Å². The zero-order chi connectivity index (χ0) is 22.7. The number of hydrogen-bond donors (Lipinski definition) is 0. The molecule has 1 aromatic carbocycles. The SMILES string of the molecule is CCCCC(=O)N1CCN(c2nc(CCC)nc3c2c(C)nn3-c2ccc(F)cc2)CC1. The first-order valence-corrected chi connectivity index (χ1v) is 11.6. The van der Waals surface area contributed by atoms with Gasteiger partial charge in [-0.25, -0.2) is 19.0 Å². The van der Waals surface area contributed by atoms with Gasteiger partial charge in [0, 0.05) is 39.0 Å². The van der Waals surface area contributed by atoms with Gasteiger partial charge in [0.25, 0.3) is 0 Å². The first kappa shape index (κ1) is 22.2. The van der Waals surface area contributed by atoms with Gasteiger partial charge in [-0.2, -0.15) is 5.10 Å². The molecular weight excluding hydrogens is 407 g/mol. The van der Waals surface area contributed by atoms with Gasteiger partial charge in [0.1, 0.15) is 17.5 Å². The van der Waals surface area contributed by atoms with Gasteiger partial charge in [-0.15, -0.1) is 0 Å². The van der Waals surface area contributed by atoms with Crippen LogP contribution in [0.15, 0.2) is 24.3 Å². The fourth-order valence-electron chi connectivity index (χ4n) is 4.19. The Hall–Kier alpha value is -3.03. The van der Waals surface area contributed by atoms with Gasteiger partial charge in [0.2, 0.25) is 5.91 Å². The molecule has 32 heavy (non-hydrogen) atoms. The number of carbonyl (C=O) groups excluding carboxylic acids is 1. The average Bonchev–Trinajstić information content (AvgIpc) is 3.14. The van der Waals surface area contributed by atoms with Crippen LogP contribution in [0.2, 0.25) is 0 Å². The van der Waals surface area contributed by atoms with Gasteiger partial charge < -0.3 is 9.80 Å². The number of hydrogen-bond acceptors (Lipinski definition) is 5. The largest absolute Gasteiger partial charge is 0.352 e. The van der Waals surface area contributed by atoms with Crippen LogP contribution in [-0.2, 0) is 11.2 Å². The number of benzene rings is 1. The average molecular weight is 439 g/mol. The van der Waals surface area contributed by atoms with Crippen molar-refractivity contribution in [2.24, 2.45) is 0 Å². The molecule has 0 unspecified atom stereocenters. The van der Waals surface area contributed by atoms with Crippen molar-refractivity contribution in [3.8, 4) is 5.69 Å². The molecule has 7 nitrogen and oxygen atoms in total. The van der Waals surface area contributed by atoms with Crippen LogP contribution in [0.25, 0.3) is 16.7 Å². The normalized spacial score (nSPS) is 14.4. The Balaban J connectivity index is 1.68. The monoisotopic (exact) mass is 438 g/mol. The molecule has 1 saturated heterocycles. The lowest BCUT2D eigenvalue weighted by molar-refractivity contribution is -0.131. The lowest BCUT2D eigenvalue weighted by Crippen LogP contribution is -2.49. The Morgan fingerprint density at radius 1 is 1.03 bits per heavy atom. The van der Waals surface area contributed by atoms with E-state index in [1.165, 1.54) is 12.1 Å². The van der Waals surface area contributed by atoms with Crippen LogP contribution in [-0.4, -0.2) is 56.7 Å². The van der Waals surface area contributed by atoms with E-state index in [-0.39, 0.29) is 11.7 Å². The summed E-state index contributed by atoms with van der Waals surface area (Å²) in [5.74, 6) is 1.62. The number of piperazine rings is 1. The van der Waals surface area contributed by atoms with Crippen LogP contribution in [0.1, 0.15) is 51.0 Å². The van der Waals surface area contributed by atoms with Gasteiger partial charge in [-0.1, -0.05) is 20.3 Å². The number of carbonyl (C=O) groups is 1. The van der Waals surface area contributed by atoms with E-state index < -0.39 is 0 Å². The number of amides is 1. The van der Waals surface area contributed by atoms with Crippen molar-refractivity contribution in [3.05, 3.63) is 41.6 Å². The Morgan fingerprint density at radius 2 is 1.75 bits per heavy atom. The quantitative estimate of drug-likeness (QED) is 0.557. The highest BCUT2D eigenvalue weighted by atomic mass is 19.1. The van der Waals surface area contributed by atoms with Gasteiger partial charge in [0.15, 0.2) is 5.65 Å². The Kier molecular flexibility index (Phi) is 6.67. The van der Waals surface area contributed by atoms with Crippen molar-refractivity contribution in [2.75, 3.05) is 31.1 Å². The second-order valence-corrected chi connectivity index (χ2v) is 8.36. The summed E-state index contributed by atoms with van der Waals surface area (Å²) in [6.07, 6.45) is 4.30. The predicted molar refractivity (Wildman–Crippen MR) is 124 cm³/mol. The summed E-state index contributed by atoms with van der Waals surface area (Å²) in [5, 5.41) is 5.64. The molecule has 0 atom stereocenters. The molecule has 1 aliphatic heterocycles. The van der Waals surface area contributed by atoms with Gasteiger partial charge in [-0.05, 0) is 44.0 Å². The number of unbranched alkanes of at least 4 members (excludes halogenated alkanes) is 1. The molecule has 0 bridgehead atoms. The van der Waals surface area contributed by atoms with Crippen molar-refractivity contribution in [1.29, 1.82) is 0 Å². The molecule has 0 radical (unpaired) electrons. The van der Waals surface area contributed by atoms with Crippen LogP contribution >= 0.6 is 0 Å². The van der Waals surface area contributed by atoms with Crippen LogP contribution in [0.3, 0.4) is 0 Å². The zero-order valence-electron chi connectivity index (χ0n) is 19.1. The van der Waals surface area contributed by atoms with Crippen LogP contribution in [0.4, 0.5) is 10.2 Å². The van der Waals surface area contributed by atoms with Gasteiger partial charge in [-0.3, -0.25) is 4.79 Å². The van der Waals surface area contributed by atoms with Crippen LogP contribution in [0.5, 0.6) is 0 Å². The molecule has 2 aromatic heterocycles. The first-order valence-electron chi connectivity index (χ1n) is 11.6. The van der Waals surface area contributed by atoms with Crippen LogP contribution in [0, 0.1) is 12.7 Å². The summed E-state index contributed by atoms with van der Waals surface area (Å²) in [7, 11) is 0. The van der Waals surface area contributed by atoms with Crippen molar-refractivity contribution >= 4 is 22.8 Å². The van der Waals surface area contributed by atoms with E-state index in [9.17, 15) is 9.18 Å². The van der Waals surface area contributed by atoms with Crippen molar-refractivity contribution in [1.82, 2.24) is 24.6 Å². The number of aromatic nitrogens is 4. The minimum absolute atomic E-state index is 0.242. The number of halogens is 1. The highest BCUT2D eigenvalue weighted by Gasteiger charge is 2.26. The van der Waals surface area contributed by atoms with Gasteiger partial charge >= 0.3 is 0 Å². The van der Waals surface area contributed by atoms with E-state index in [0.29, 0.717) is 19.5 Å². The number of rotatable bonds is 7. The topological polar surface area (TPSA) is 67.2 Å². The van der Waals surface area contributed by atoms with E-state index in [1.807, 2.05) is 11.8 Å². The molecule has 1 fully saturated rings. The van der Waals surface area contributed by atoms with Crippen LogP contribution < -0.4 is 4.90 Å². The number of nitrogens with zero attached hydrogens (tertiary/aromatic N) is 6. The summed E-state index contributed by atoms with van der Waals surface area (Å²) in [4.78, 5) is 26.4. The summed E-state index contributed by atoms with van der Waals surface area (Å²) >= 11 is 0. The third-order valence-electron chi connectivity index (χ3n) is 5.95. The molecule has 3 heterocycles. The van der Waals surface area contributed by atoms with E-state index in [4.69, 9.17) is 15.1 Å². The van der Waals surface area contributed by atoms with E-state index in [0.717, 1.165) is 72.8 Å². The van der Waals surface area contributed by atoms with Crippen molar-refractivity contribution < 1.29 is 9.18 Å². The number of aryl methyl sites for hydroxylation is 2. The summed E-state index contributed by atoms with van der Waals surface area (Å²) in [6, 6.07) is 6.29. The fraction of sp³-hybridized carbons (Fsp3) is 0.500. The first-order chi connectivity index (χ1) is 15.5. The molecular formula is C24H31FN6O.